The van der Waals surface area contributed by atoms with E-state index < -0.39 is 0 Å². The third kappa shape index (κ3) is 5.40. The van der Waals surface area contributed by atoms with Crippen molar-refractivity contribution in [1.29, 1.82) is 0 Å². The fourth-order valence-electron chi connectivity index (χ4n) is 2.45. The quantitative estimate of drug-likeness (QED) is 0.614. The molecule has 1 fully saturated rings. The number of nitrogens with one attached hydrogen (secondary N) is 3. The monoisotopic (exact) mass is 368 g/mol. The standard InChI is InChI=1S/C19H24N6O2/c1-25(2)17-11-16(22-12-23-17)20-9-10-21-18(26)13-5-7-15(8-6-13)24-19(27)14-3-4-14/h5-8,11-12,14H,3-4,9-10H2,1-2H3,(H,21,26)(H,24,27)(H,20,22,23). The number of carbonyl (C=O) groups excluding carboxylic acids is 2. The fraction of sp³-hybridized carbons (Fsp3) is 0.368. The molecule has 0 aliphatic heterocycles. The predicted octanol–water partition coefficient (Wildman–Crippen LogP) is 1.73. The molecule has 1 aliphatic rings. The Morgan fingerprint density at radius 1 is 1.11 bits per heavy atom. The van der Waals surface area contributed by atoms with Gasteiger partial charge in [-0.15, -0.1) is 0 Å². The van der Waals surface area contributed by atoms with Crippen molar-refractivity contribution >= 4 is 29.1 Å². The summed E-state index contributed by atoms with van der Waals surface area (Å²) < 4.78 is 0. The van der Waals surface area contributed by atoms with Crippen LogP contribution in [0.25, 0.3) is 0 Å². The zero-order valence-corrected chi connectivity index (χ0v) is 15.5. The van der Waals surface area contributed by atoms with Crippen molar-refractivity contribution in [2.75, 3.05) is 42.7 Å². The summed E-state index contributed by atoms with van der Waals surface area (Å²) in [5.74, 6) is 1.57. The smallest absolute Gasteiger partial charge is 0.251 e. The highest BCUT2D eigenvalue weighted by molar-refractivity contribution is 5.96. The van der Waals surface area contributed by atoms with E-state index in [0.29, 0.717) is 30.2 Å². The van der Waals surface area contributed by atoms with E-state index >= 15 is 0 Å². The molecule has 1 saturated carbocycles. The maximum atomic E-state index is 12.2. The Labute approximate surface area is 158 Å². The van der Waals surface area contributed by atoms with Gasteiger partial charge in [0.1, 0.15) is 18.0 Å². The van der Waals surface area contributed by atoms with Gasteiger partial charge >= 0.3 is 0 Å². The first-order chi connectivity index (χ1) is 13.0. The van der Waals surface area contributed by atoms with E-state index in [1.54, 1.807) is 24.3 Å². The second kappa shape index (κ2) is 8.48. The summed E-state index contributed by atoms with van der Waals surface area (Å²) in [6.45, 7) is 1.01. The molecule has 27 heavy (non-hydrogen) atoms. The molecule has 0 spiro atoms. The molecule has 1 heterocycles. The van der Waals surface area contributed by atoms with Crippen LogP contribution in [0.15, 0.2) is 36.7 Å². The Bertz CT molecular complexity index is 802. The number of anilines is 3. The van der Waals surface area contributed by atoms with Gasteiger partial charge in [-0.05, 0) is 37.1 Å². The highest BCUT2D eigenvalue weighted by Gasteiger charge is 2.29. The molecule has 0 saturated heterocycles. The predicted molar refractivity (Wildman–Crippen MR) is 105 cm³/mol. The molecule has 8 nitrogen and oxygen atoms in total. The Hall–Kier alpha value is -3.16. The molecule has 2 aromatic rings. The molecule has 0 unspecified atom stereocenters. The second-order valence-electron chi connectivity index (χ2n) is 6.68. The average Bonchev–Trinajstić information content (AvgIpc) is 3.51. The van der Waals surface area contributed by atoms with Crippen LogP contribution >= 0.6 is 0 Å². The number of nitrogens with zero attached hydrogens (tertiary/aromatic N) is 3. The number of amides is 2. The first kappa shape index (κ1) is 18.6. The molecule has 3 N–H and O–H groups in total. The lowest BCUT2D eigenvalue weighted by molar-refractivity contribution is -0.117. The first-order valence-electron chi connectivity index (χ1n) is 8.95. The van der Waals surface area contributed by atoms with Crippen LogP contribution in [0.3, 0.4) is 0 Å². The van der Waals surface area contributed by atoms with Crippen molar-refractivity contribution in [1.82, 2.24) is 15.3 Å². The summed E-state index contributed by atoms with van der Waals surface area (Å²) in [4.78, 5) is 34.1. The van der Waals surface area contributed by atoms with Crippen molar-refractivity contribution in [3.63, 3.8) is 0 Å². The molecular weight excluding hydrogens is 344 g/mol. The lowest BCUT2D eigenvalue weighted by Gasteiger charge is -2.12. The minimum atomic E-state index is -0.159. The van der Waals surface area contributed by atoms with Gasteiger partial charge in [0.05, 0.1) is 0 Å². The van der Waals surface area contributed by atoms with E-state index in [4.69, 9.17) is 0 Å². The molecule has 142 valence electrons. The molecule has 0 bridgehead atoms. The second-order valence-corrected chi connectivity index (χ2v) is 6.68. The molecule has 8 heteroatoms. The van der Waals surface area contributed by atoms with E-state index in [9.17, 15) is 9.59 Å². The van der Waals surface area contributed by atoms with Crippen LogP contribution in [0.1, 0.15) is 23.2 Å². The Morgan fingerprint density at radius 3 is 2.52 bits per heavy atom. The van der Waals surface area contributed by atoms with Gasteiger partial charge in [0, 0.05) is 50.4 Å². The van der Waals surface area contributed by atoms with Crippen LogP contribution < -0.4 is 20.9 Å². The maximum Gasteiger partial charge on any atom is 0.251 e. The summed E-state index contributed by atoms with van der Waals surface area (Å²) in [6.07, 6.45) is 3.43. The summed E-state index contributed by atoms with van der Waals surface area (Å²) in [5.41, 5.74) is 1.27. The number of benzene rings is 1. The van der Waals surface area contributed by atoms with E-state index in [1.807, 2.05) is 25.1 Å². The molecule has 1 aromatic heterocycles. The van der Waals surface area contributed by atoms with Crippen molar-refractivity contribution < 1.29 is 9.59 Å². The van der Waals surface area contributed by atoms with Gasteiger partial charge in [-0.2, -0.15) is 0 Å². The van der Waals surface area contributed by atoms with Gasteiger partial charge in [-0.1, -0.05) is 0 Å². The highest BCUT2D eigenvalue weighted by Crippen LogP contribution is 2.30. The Balaban J connectivity index is 1.42. The minimum Gasteiger partial charge on any atom is -0.368 e. The van der Waals surface area contributed by atoms with E-state index in [2.05, 4.69) is 25.9 Å². The molecular formula is C19H24N6O2. The fourth-order valence-corrected chi connectivity index (χ4v) is 2.45. The van der Waals surface area contributed by atoms with Crippen LogP contribution in [0, 0.1) is 5.92 Å². The van der Waals surface area contributed by atoms with E-state index in [0.717, 1.165) is 18.7 Å². The summed E-state index contributed by atoms with van der Waals surface area (Å²) in [5, 5.41) is 8.86. The zero-order valence-electron chi connectivity index (χ0n) is 15.5. The summed E-state index contributed by atoms with van der Waals surface area (Å²) in [7, 11) is 3.82. The first-order valence-corrected chi connectivity index (χ1v) is 8.95. The van der Waals surface area contributed by atoms with Gasteiger partial charge < -0.3 is 20.9 Å². The molecule has 1 aromatic carbocycles. The SMILES string of the molecule is CN(C)c1cc(NCCNC(=O)c2ccc(NC(=O)C3CC3)cc2)ncn1. The lowest BCUT2D eigenvalue weighted by Crippen LogP contribution is -2.29. The Kier molecular flexibility index (Phi) is 5.85. The van der Waals surface area contributed by atoms with Gasteiger partial charge in [-0.25, -0.2) is 9.97 Å². The molecule has 2 amide bonds. The van der Waals surface area contributed by atoms with Crippen molar-refractivity contribution in [2.24, 2.45) is 5.92 Å². The van der Waals surface area contributed by atoms with E-state index in [1.165, 1.54) is 6.33 Å². The number of rotatable bonds is 8. The number of aromatic nitrogens is 2. The van der Waals surface area contributed by atoms with E-state index in [-0.39, 0.29) is 17.7 Å². The van der Waals surface area contributed by atoms with Gasteiger partial charge in [0.15, 0.2) is 0 Å². The zero-order chi connectivity index (χ0) is 19.2. The Morgan fingerprint density at radius 2 is 1.85 bits per heavy atom. The number of carbonyl (C=O) groups is 2. The minimum absolute atomic E-state index is 0.0559. The number of hydrogen-bond donors (Lipinski definition) is 3. The van der Waals surface area contributed by atoms with Crippen molar-refractivity contribution in [3.05, 3.63) is 42.2 Å². The summed E-state index contributed by atoms with van der Waals surface area (Å²) in [6, 6.07) is 8.75. The molecule has 0 radical (unpaired) electrons. The molecule has 3 rings (SSSR count). The van der Waals surface area contributed by atoms with Crippen molar-refractivity contribution in [2.45, 2.75) is 12.8 Å². The topological polar surface area (TPSA) is 99.2 Å². The van der Waals surface area contributed by atoms with Gasteiger partial charge in [0.25, 0.3) is 5.91 Å². The maximum absolute atomic E-state index is 12.2. The third-order valence-corrected chi connectivity index (χ3v) is 4.19. The van der Waals surface area contributed by atoms with Crippen LogP contribution in [0.2, 0.25) is 0 Å². The van der Waals surface area contributed by atoms with Gasteiger partial charge in [-0.3, -0.25) is 9.59 Å². The van der Waals surface area contributed by atoms with Crippen LogP contribution in [0.5, 0.6) is 0 Å². The van der Waals surface area contributed by atoms with Crippen LogP contribution in [-0.2, 0) is 4.79 Å². The third-order valence-electron chi connectivity index (χ3n) is 4.19. The largest absolute Gasteiger partial charge is 0.368 e. The highest BCUT2D eigenvalue weighted by atomic mass is 16.2. The van der Waals surface area contributed by atoms with Crippen molar-refractivity contribution in [3.8, 4) is 0 Å². The van der Waals surface area contributed by atoms with Gasteiger partial charge in [0.2, 0.25) is 5.91 Å². The normalized spacial score (nSPS) is 13.0. The van der Waals surface area contributed by atoms with Crippen LogP contribution in [-0.4, -0.2) is 49.0 Å². The summed E-state index contributed by atoms with van der Waals surface area (Å²) >= 11 is 0. The van der Waals surface area contributed by atoms with Crippen LogP contribution in [0.4, 0.5) is 17.3 Å². The molecule has 1 aliphatic carbocycles. The molecule has 0 atom stereocenters. The average molecular weight is 368 g/mol. The number of hydrogen-bond acceptors (Lipinski definition) is 6. The lowest BCUT2D eigenvalue weighted by atomic mass is 10.2.